The number of esters is 2. The van der Waals surface area contributed by atoms with Crippen molar-refractivity contribution in [3.63, 3.8) is 0 Å². The first-order chi connectivity index (χ1) is 50.3. The standard InChI is InChI=1S/C81H156N2O19P2.Na/c1-7-13-19-25-29-33-37-43-47-53-73(84)63-78(87)82-71(65-95-61-59-76(55-49-41-23-17-11-5)101-80(89)57-51-45-39-35-31-27-21-15-9-3)67-97-103(91,92)99-69-75(86)70-100-104(93,94)98-68-72(83-79(88)64-74(85)54-48-44-38-34-30-26-20-14-8-2)66-96-62-60-77(56-50-42-24-18-12-6)102-81(90)58-52-46-40-36-32-28-22-16-10-4;/h71-72,75-77,86H,7-70H2,1-6H3,(H,82,87)(H,83,88)(H,91,92)(H,93,94);/q;+1/p-2. The van der Waals surface area contributed by atoms with Gasteiger partial charge in [-0.1, -0.05) is 298 Å². The van der Waals surface area contributed by atoms with Crippen molar-refractivity contribution in [3.8, 4) is 0 Å². The van der Waals surface area contributed by atoms with Crippen LogP contribution in [0, 0.1) is 0 Å². The molecule has 0 saturated carbocycles. The summed E-state index contributed by atoms with van der Waals surface area (Å²) in [6, 6.07) is -2.19. The van der Waals surface area contributed by atoms with Crippen LogP contribution in [0.3, 0.4) is 0 Å². The third-order valence-electron chi connectivity index (χ3n) is 18.9. The summed E-state index contributed by atoms with van der Waals surface area (Å²) in [6.07, 6.45) is 49.3. The Morgan fingerprint density at radius 2 is 0.562 bits per heavy atom. The van der Waals surface area contributed by atoms with E-state index in [1.165, 1.54) is 116 Å². The minimum absolute atomic E-state index is 0. The van der Waals surface area contributed by atoms with Crippen LogP contribution in [-0.4, -0.2) is 124 Å². The van der Waals surface area contributed by atoms with Gasteiger partial charge in [-0.05, 0) is 51.4 Å². The molecule has 3 N–H and O–H groups in total. The molecular formula is C81H154N2NaO19P2-. The second kappa shape index (κ2) is 76.3. The Balaban J connectivity index is 0. The molecule has 6 unspecified atom stereocenters. The van der Waals surface area contributed by atoms with Crippen molar-refractivity contribution in [2.45, 2.75) is 432 Å². The van der Waals surface area contributed by atoms with Crippen molar-refractivity contribution >= 4 is 51.0 Å². The molecule has 614 valence electrons. The molecule has 0 radical (unpaired) electrons. The molecule has 0 aliphatic rings. The second-order valence-corrected chi connectivity index (χ2v) is 32.2. The minimum Gasteiger partial charge on any atom is -0.756 e. The van der Waals surface area contributed by atoms with E-state index in [1.54, 1.807) is 0 Å². The van der Waals surface area contributed by atoms with E-state index in [2.05, 4.69) is 52.2 Å². The van der Waals surface area contributed by atoms with Crippen LogP contribution in [0.2, 0.25) is 0 Å². The molecule has 0 fully saturated rings. The van der Waals surface area contributed by atoms with Crippen LogP contribution in [-0.2, 0) is 74.9 Å². The number of unbranched alkanes of at least 4 members (excludes halogenated alkanes) is 40. The molecule has 0 aliphatic heterocycles. The summed E-state index contributed by atoms with van der Waals surface area (Å²) in [5.74, 6) is -2.35. The maximum Gasteiger partial charge on any atom is 1.00 e. The number of ether oxygens (including phenoxy) is 4. The number of amides is 2. The molecule has 105 heavy (non-hydrogen) atoms. The zero-order chi connectivity index (χ0) is 76.7. The Labute approximate surface area is 661 Å². The quantitative estimate of drug-likeness (QED) is 0.0167. The van der Waals surface area contributed by atoms with E-state index >= 15 is 0 Å². The van der Waals surface area contributed by atoms with Crippen molar-refractivity contribution in [2.75, 3.05) is 52.9 Å². The summed E-state index contributed by atoms with van der Waals surface area (Å²) in [5, 5.41) is 16.1. The Hall–Kier alpha value is -1.68. The third kappa shape index (κ3) is 73.6. The zero-order valence-corrected chi connectivity index (χ0v) is 71.6. The first-order valence-corrected chi connectivity index (χ1v) is 45.3. The normalized spacial score (nSPS) is 14.1. The number of phosphoric acid groups is 2. The number of carbonyl (C=O) groups excluding carboxylic acids is 6. The molecule has 0 bridgehead atoms. The summed E-state index contributed by atoms with van der Waals surface area (Å²) in [4.78, 5) is 105. The SMILES string of the molecule is CCCCCCCCCCCC(=O)CC(=O)NC(COCCC(CCCCCCC)OC(=O)CCCCCCCCCCC)COP(=O)([O-])OCC(O)COP(=O)([O-])OCC(COCCC(CCCCCCC)OC(=O)CCCCCCCCCCC)NC(=O)CC(=O)CCCCCCCCCCC.[Na+]. The van der Waals surface area contributed by atoms with Gasteiger partial charge >= 0.3 is 41.5 Å². The van der Waals surface area contributed by atoms with Gasteiger partial charge in [0, 0.05) is 38.5 Å². The number of phosphoric ester groups is 2. The summed E-state index contributed by atoms with van der Waals surface area (Å²) in [5.41, 5.74) is 0. The fourth-order valence-corrected chi connectivity index (χ4v) is 14.0. The molecular weight excluding hydrogens is 1390 g/mol. The van der Waals surface area contributed by atoms with Crippen molar-refractivity contribution in [2.24, 2.45) is 0 Å². The van der Waals surface area contributed by atoms with Gasteiger partial charge in [-0.2, -0.15) is 0 Å². The number of Topliss-reactive ketones (excluding diaryl/α,β-unsaturated/α-hetero) is 2. The molecule has 0 saturated heterocycles. The van der Waals surface area contributed by atoms with E-state index in [1.807, 2.05) is 0 Å². The molecule has 2 amide bonds. The van der Waals surface area contributed by atoms with Crippen LogP contribution in [0.1, 0.15) is 401 Å². The fraction of sp³-hybridized carbons (Fsp3) is 0.926. The molecule has 0 heterocycles. The van der Waals surface area contributed by atoms with Crippen LogP contribution in [0.4, 0.5) is 0 Å². The maximum absolute atomic E-state index is 13.3. The molecule has 21 nitrogen and oxygen atoms in total. The smallest absolute Gasteiger partial charge is 0.756 e. The van der Waals surface area contributed by atoms with Gasteiger partial charge in [0.05, 0.1) is 77.8 Å². The van der Waals surface area contributed by atoms with E-state index in [9.17, 15) is 52.8 Å². The van der Waals surface area contributed by atoms with E-state index in [-0.39, 0.29) is 92.3 Å². The number of rotatable bonds is 82. The molecule has 0 aromatic rings. The van der Waals surface area contributed by atoms with Gasteiger partial charge in [-0.15, -0.1) is 0 Å². The fourth-order valence-electron chi connectivity index (χ4n) is 12.5. The maximum atomic E-state index is 13.3. The molecule has 0 spiro atoms. The van der Waals surface area contributed by atoms with Crippen molar-refractivity contribution < 1.29 is 119 Å². The Bertz CT molecular complexity index is 2010. The summed E-state index contributed by atoms with van der Waals surface area (Å²) < 4.78 is 70.5. The van der Waals surface area contributed by atoms with Crippen LogP contribution in [0.15, 0.2) is 0 Å². The topological polar surface area (TPSA) is 301 Å². The predicted octanol–water partition coefficient (Wildman–Crippen LogP) is 16.3. The van der Waals surface area contributed by atoms with Crippen LogP contribution in [0.25, 0.3) is 0 Å². The Morgan fingerprint density at radius 3 is 0.838 bits per heavy atom. The third-order valence-corrected chi connectivity index (χ3v) is 20.8. The summed E-state index contributed by atoms with van der Waals surface area (Å²) >= 11 is 0. The predicted molar refractivity (Wildman–Crippen MR) is 413 cm³/mol. The Morgan fingerprint density at radius 1 is 0.324 bits per heavy atom. The van der Waals surface area contributed by atoms with Crippen LogP contribution >= 0.6 is 15.6 Å². The van der Waals surface area contributed by atoms with Gasteiger partial charge in [0.2, 0.25) is 11.8 Å². The molecule has 6 atom stereocenters. The van der Waals surface area contributed by atoms with Gasteiger partial charge in [0.25, 0.3) is 15.6 Å². The van der Waals surface area contributed by atoms with E-state index < -0.39 is 97.1 Å². The van der Waals surface area contributed by atoms with Crippen molar-refractivity contribution in [3.05, 3.63) is 0 Å². The Kier molecular flexibility index (Phi) is 76.6. The number of ketones is 2. The van der Waals surface area contributed by atoms with E-state index in [0.717, 1.165) is 167 Å². The number of aliphatic hydroxyl groups excluding tert-OH is 1. The van der Waals surface area contributed by atoms with Crippen LogP contribution < -0.4 is 50.0 Å². The van der Waals surface area contributed by atoms with Gasteiger partial charge in [0.1, 0.15) is 29.9 Å². The van der Waals surface area contributed by atoms with Gasteiger partial charge in [-0.25, -0.2) is 0 Å². The van der Waals surface area contributed by atoms with Gasteiger partial charge in [-0.3, -0.25) is 37.9 Å². The summed E-state index contributed by atoms with van der Waals surface area (Å²) in [6.45, 7) is 9.39. The largest absolute Gasteiger partial charge is 1.00 e. The monoisotopic (exact) mass is 1540 g/mol. The van der Waals surface area contributed by atoms with E-state index in [0.29, 0.717) is 51.4 Å². The number of hydrogen-bond acceptors (Lipinski definition) is 19. The number of aliphatic hydroxyl groups is 1. The van der Waals surface area contributed by atoms with Crippen LogP contribution in [0.5, 0.6) is 0 Å². The molecule has 0 aromatic carbocycles. The number of hydrogen-bond donors (Lipinski definition) is 3. The van der Waals surface area contributed by atoms with Crippen molar-refractivity contribution in [1.82, 2.24) is 10.6 Å². The summed E-state index contributed by atoms with van der Waals surface area (Å²) in [7, 11) is -10.6. The second-order valence-electron chi connectivity index (χ2n) is 29.4. The first kappa shape index (κ1) is 105. The molecule has 0 aromatic heterocycles. The molecule has 24 heteroatoms. The molecule has 0 rings (SSSR count). The zero-order valence-electron chi connectivity index (χ0n) is 67.8. The van der Waals surface area contributed by atoms with Crippen molar-refractivity contribution in [1.29, 1.82) is 0 Å². The number of carbonyl (C=O) groups is 6. The van der Waals surface area contributed by atoms with Gasteiger partial charge < -0.3 is 62.6 Å². The first-order valence-electron chi connectivity index (χ1n) is 42.4. The average molecular weight is 1550 g/mol. The van der Waals surface area contributed by atoms with Gasteiger partial charge in [0.15, 0.2) is 0 Å². The number of nitrogens with one attached hydrogen (secondary N) is 2. The average Bonchev–Trinajstić information content (AvgIpc) is 0.901. The van der Waals surface area contributed by atoms with E-state index in [4.69, 9.17) is 37.0 Å². The minimum atomic E-state index is -5.28. The molecule has 0 aliphatic carbocycles.